The molecule has 0 saturated carbocycles. The molecule has 28 heavy (non-hydrogen) atoms. The second-order valence-corrected chi connectivity index (χ2v) is 6.21. The van der Waals surface area contributed by atoms with E-state index in [9.17, 15) is 0 Å². The summed E-state index contributed by atoms with van der Waals surface area (Å²) in [6.45, 7) is 0.863. The maximum absolute atomic E-state index is 5.39. The highest BCUT2D eigenvalue weighted by Crippen LogP contribution is 2.40. The van der Waals surface area contributed by atoms with Crippen LogP contribution in [-0.4, -0.2) is 43.1 Å². The van der Waals surface area contributed by atoms with E-state index in [4.69, 9.17) is 14.2 Å². The van der Waals surface area contributed by atoms with Gasteiger partial charge in [-0.05, 0) is 18.1 Å². The average molecular weight is 379 g/mol. The van der Waals surface area contributed by atoms with Crippen LogP contribution < -0.4 is 24.4 Å². The lowest BCUT2D eigenvalue weighted by Crippen LogP contribution is -2.16. The number of rotatable bonds is 6. The fraction of sp³-hybridized carbons (Fsp3) is 0.250. The molecule has 0 radical (unpaired) electrons. The van der Waals surface area contributed by atoms with Gasteiger partial charge in [-0.25, -0.2) is 0 Å². The summed E-state index contributed by atoms with van der Waals surface area (Å²) >= 11 is 0. The number of anilines is 4. The summed E-state index contributed by atoms with van der Waals surface area (Å²) < 4.78 is 16.1. The van der Waals surface area contributed by atoms with Gasteiger partial charge in [-0.1, -0.05) is 18.2 Å². The molecule has 1 aliphatic rings. The summed E-state index contributed by atoms with van der Waals surface area (Å²) in [4.78, 5) is 6.77. The van der Waals surface area contributed by atoms with Gasteiger partial charge in [0.25, 0.3) is 0 Å². The molecular formula is C20H21N5O3. The third-order valence-electron chi connectivity index (χ3n) is 4.63. The Labute approximate surface area is 163 Å². The number of ether oxygens (including phenoxy) is 3. The molecule has 3 aromatic rings. The van der Waals surface area contributed by atoms with Crippen LogP contribution in [0.15, 0.2) is 42.6 Å². The van der Waals surface area contributed by atoms with Crippen LogP contribution in [0.4, 0.5) is 23.1 Å². The molecule has 1 aliphatic heterocycles. The van der Waals surface area contributed by atoms with Crippen molar-refractivity contribution < 1.29 is 14.2 Å². The molecule has 2 heterocycles. The summed E-state index contributed by atoms with van der Waals surface area (Å²) in [7, 11) is 4.72. The fourth-order valence-electron chi connectivity index (χ4n) is 3.34. The quantitative estimate of drug-likeness (QED) is 0.698. The van der Waals surface area contributed by atoms with Gasteiger partial charge < -0.3 is 24.4 Å². The summed E-state index contributed by atoms with van der Waals surface area (Å²) in [5.74, 6) is 2.74. The molecule has 0 aliphatic carbocycles. The zero-order chi connectivity index (χ0) is 19.5. The largest absolute Gasteiger partial charge is 0.493 e. The van der Waals surface area contributed by atoms with E-state index < -0.39 is 0 Å². The minimum Gasteiger partial charge on any atom is -0.493 e. The first kappa shape index (κ1) is 17.8. The Morgan fingerprint density at radius 2 is 1.75 bits per heavy atom. The standard InChI is InChI=1S/C20H21N5O3/c1-26-16-10-14(11-17(27-2)19(16)28-3)22-20-23-18(12-21-24-20)25-9-8-13-6-4-5-7-15(13)25/h4-7,10-12H,8-9H2,1-3H3,(H,22,23,24). The highest BCUT2D eigenvalue weighted by atomic mass is 16.5. The van der Waals surface area contributed by atoms with Gasteiger partial charge in [0.05, 0.1) is 27.5 Å². The van der Waals surface area contributed by atoms with Crippen molar-refractivity contribution in [2.45, 2.75) is 6.42 Å². The Bertz CT molecular complexity index is 970. The number of nitrogens with one attached hydrogen (secondary N) is 1. The molecule has 8 nitrogen and oxygen atoms in total. The molecule has 0 saturated heterocycles. The molecule has 8 heteroatoms. The third kappa shape index (κ3) is 3.24. The second kappa shape index (κ2) is 7.59. The number of benzene rings is 2. The van der Waals surface area contributed by atoms with Gasteiger partial charge in [0.15, 0.2) is 17.3 Å². The summed E-state index contributed by atoms with van der Waals surface area (Å²) in [6, 6.07) is 11.9. The molecule has 2 aromatic carbocycles. The van der Waals surface area contributed by atoms with Gasteiger partial charge in [-0.3, -0.25) is 0 Å². The number of methoxy groups -OCH3 is 3. The Balaban J connectivity index is 1.63. The predicted molar refractivity (Wildman–Crippen MR) is 106 cm³/mol. The molecule has 0 fully saturated rings. The van der Waals surface area contributed by atoms with Crippen molar-refractivity contribution in [3.8, 4) is 17.2 Å². The predicted octanol–water partition coefficient (Wildman–Crippen LogP) is 3.34. The number of hydrogen-bond acceptors (Lipinski definition) is 8. The Morgan fingerprint density at radius 3 is 2.46 bits per heavy atom. The van der Waals surface area contributed by atoms with E-state index in [1.165, 1.54) is 5.56 Å². The van der Waals surface area contributed by atoms with E-state index in [-0.39, 0.29) is 0 Å². The first-order chi connectivity index (χ1) is 13.7. The van der Waals surface area contributed by atoms with E-state index in [0.29, 0.717) is 28.9 Å². The van der Waals surface area contributed by atoms with E-state index in [1.807, 2.05) is 6.07 Å². The monoisotopic (exact) mass is 379 g/mol. The second-order valence-electron chi connectivity index (χ2n) is 6.21. The smallest absolute Gasteiger partial charge is 0.249 e. The number of hydrogen-bond donors (Lipinski definition) is 1. The lowest BCUT2D eigenvalue weighted by Gasteiger charge is -2.18. The number of fused-ring (bicyclic) bond motifs is 1. The van der Waals surface area contributed by atoms with Gasteiger partial charge in [-0.15, -0.1) is 5.10 Å². The van der Waals surface area contributed by atoms with Crippen molar-refractivity contribution >= 4 is 23.1 Å². The van der Waals surface area contributed by atoms with Crippen LogP contribution in [0.1, 0.15) is 5.56 Å². The molecule has 4 rings (SSSR count). The number of para-hydroxylation sites is 1. The molecule has 0 atom stereocenters. The van der Waals surface area contributed by atoms with E-state index in [0.717, 1.165) is 24.5 Å². The van der Waals surface area contributed by atoms with Crippen LogP contribution in [0.25, 0.3) is 0 Å². The zero-order valence-corrected chi connectivity index (χ0v) is 16.0. The maximum atomic E-state index is 5.39. The fourth-order valence-corrected chi connectivity index (χ4v) is 3.34. The molecular weight excluding hydrogens is 358 g/mol. The van der Waals surface area contributed by atoms with Crippen LogP contribution in [0.5, 0.6) is 17.2 Å². The molecule has 0 bridgehead atoms. The van der Waals surface area contributed by atoms with Gasteiger partial charge in [0.1, 0.15) is 0 Å². The molecule has 0 unspecified atom stereocenters. The van der Waals surface area contributed by atoms with Crippen LogP contribution in [0, 0.1) is 0 Å². The highest BCUT2D eigenvalue weighted by Gasteiger charge is 2.21. The van der Waals surface area contributed by atoms with Crippen molar-refractivity contribution in [3.63, 3.8) is 0 Å². The lowest BCUT2D eigenvalue weighted by molar-refractivity contribution is 0.324. The molecule has 1 aromatic heterocycles. The normalized spacial score (nSPS) is 12.5. The molecule has 144 valence electrons. The summed E-state index contributed by atoms with van der Waals surface area (Å²) in [5, 5.41) is 11.4. The number of nitrogens with zero attached hydrogens (tertiary/aromatic N) is 4. The summed E-state index contributed by atoms with van der Waals surface area (Å²) in [5.41, 5.74) is 3.16. The SMILES string of the molecule is COc1cc(Nc2nncc(N3CCc4ccccc43)n2)cc(OC)c1OC. The Morgan fingerprint density at radius 1 is 1.00 bits per heavy atom. The summed E-state index contributed by atoms with van der Waals surface area (Å²) in [6.07, 6.45) is 2.65. The van der Waals surface area contributed by atoms with Crippen molar-refractivity contribution in [1.82, 2.24) is 15.2 Å². The lowest BCUT2D eigenvalue weighted by atomic mass is 10.2. The molecule has 1 N–H and O–H groups in total. The Kier molecular flexibility index (Phi) is 4.84. The van der Waals surface area contributed by atoms with Crippen molar-refractivity contribution in [2.75, 3.05) is 38.1 Å². The zero-order valence-electron chi connectivity index (χ0n) is 16.0. The van der Waals surface area contributed by atoms with Gasteiger partial charge >= 0.3 is 0 Å². The van der Waals surface area contributed by atoms with Gasteiger partial charge in [-0.2, -0.15) is 10.1 Å². The average Bonchev–Trinajstić information content (AvgIpc) is 3.17. The van der Waals surface area contributed by atoms with Crippen LogP contribution in [0.3, 0.4) is 0 Å². The first-order valence-corrected chi connectivity index (χ1v) is 8.85. The van der Waals surface area contributed by atoms with Crippen LogP contribution >= 0.6 is 0 Å². The highest BCUT2D eigenvalue weighted by molar-refractivity contribution is 5.69. The van der Waals surface area contributed by atoms with Gasteiger partial charge in [0.2, 0.25) is 11.7 Å². The number of aromatic nitrogens is 3. The minimum atomic E-state index is 0.385. The van der Waals surface area contributed by atoms with Crippen molar-refractivity contribution in [2.24, 2.45) is 0 Å². The van der Waals surface area contributed by atoms with Crippen LogP contribution in [0.2, 0.25) is 0 Å². The topological polar surface area (TPSA) is 81.6 Å². The minimum absolute atomic E-state index is 0.385. The third-order valence-corrected chi connectivity index (χ3v) is 4.63. The first-order valence-electron chi connectivity index (χ1n) is 8.85. The van der Waals surface area contributed by atoms with E-state index in [2.05, 4.69) is 43.6 Å². The van der Waals surface area contributed by atoms with E-state index >= 15 is 0 Å². The van der Waals surface area contributed by atoms with Crippen molar-refractivity contribution in [1.29, 1.82) is 0 Å². The Hall–Kier alpha value is -3.55. The molecule has 0 amide bonds. The van der Waals surface area contributed by atoms with Gasteiger partial charge in [0, 0.05) is 30.1 Å². The van der Waals surface area contributed by atoms with E-state index in [1.54, 1.807) is 39.7 Å². The van der Waals surface area contributed by atoms with Crippen LogP contribution in [-0.2, 0) is 6.42 Å². The van der Waals surface area contributed by atoms with Crippen molar-refractivity contribution in [3.05, 3.63) is 48.2 Å². The maximum Gasteiger partial charge on any atom is 0.249 e. The molecule has 0 spiro atoms.